The van der Waals surface area contributed by atoms with Gasteiger partial charge in [0.2, 0.25) is 5.91 Å². The molecule has 0 bridgehead atoms. The number of para-hydroxylation sites is 2. The topological polar surface area (TPSA) is 78.2 Å². The third-order valence-corrected chi connectivity index (χ3v) is 2.56. The summed E-state index contributed by atoms with van der Waals surface area (Å²) < 4.78 is 7.51. The molecular weight excluding hydrogens is 248 g/mol. The first-order chi connectivity index (χ1) is 9.11. The molecule has 1 amide bonds. The molecule has 0 aliphatic rings. The Hall–Kier alpha value is -2.57. The van der Waals surface area contributed by atoms with Crippen LogP contribution in [0.1, 0.15) is 0 Å². The molecule has 19 heavy (non-hydrogen) atoms. The molecule has 7 heteroatoms. The van der Waals surface area contributed by atoms with Gasteiger partial charge in [0.25, 0.3) is 0 Å². The summed E-state index contributed by atoms with van der Waals surface area (Å²) in [5, 5.41) is 6.49. The highest BCUT2D eigenvalue weighted by Gasteiger charge is 2.10. The monoisotopic (exact) mass is 262 g/mol. The molecular formula is C12H14N4O3. The van der Waals surface area contributed by atoms with Crippen molar-refractivity contribution in [2.45, 2.75) is 6.54 Å². The molecule has 100 valence electrons. The normalized spacial score (nSPS) is 10.2. The highest BCUT2D eigenvalue weighted by atomic mass is 16.5. The van der Waals surface area contributed by atoms with Gasteiger partial charge in [0.05, 0.1) is 12.8 Å². The van der Waals surface area contributed by atoms with Gasteiger partial charge in [0.15, 0.2) is 0 Å². The SMILES string of the molecule is COc1ccccc1NC(=O)Cn1ncn(C)c1=O. The average molecular weight is 262 g/mol. The fourth-order valence-corrected chi connectivity index (χ4v) is 1.60. The first-order valence-electron chi connectivity index (χ1n) is 5.63. The first kappa shape index (κ1) is 12.9. The van der Waals surface area contributed by atoms with E-state index < -0.39 is 0 Å². The second kappa shape index (κ2) is 5.38. The predicted octanol–water partition coefficient (Wildman–Crippen LogP) is 0.229. The number of carbonyl (C=O) groups excluding carboxylic acids is 1. The Balaban J connectivity index is 2.10. The highest BCUT2D eigenvalue weighted by molar-refractivity contribution is 5.92. The van der Waals surface area contributed by atoms with E-state index in [1.165, 1.54) is 18.0 Å². The summed E-state index contributed by atoms with van der Waals surface area (Å²) in [6.07, 6.45) is 1.36. The number of benzene rings is 1. The Kier molecular flexibility index (Phi) is 3.65. The quantitative estimate of drug-likeness (QED) is 0.855. The van der Waals surface area contributed by atoms with Crippen molar-refractivity contribution < 1.29 is 9.53 Å². The zero-order valence-electron chi connectivity index (χ0n) is 10.7. The minimum atomic E-state index is -0.342. The Labute approximate surface area is 109 Å². The van der Waals surface area contributed by atoms with Crippen molar-refractivity contribution in [3.05, 3.63) is 41.1 Å². The van der Waals surface area contributed by atoms with Crippen LogP contribution in [-0.2, 0) is 18.4 Å². The highest BCUT2D eigenvalue weighted by Crippen LogP contribution is 2.22. The van der Waals surface area contributed by atoms with Crippen molar-refractivity contribution in [2.24, 2.45) is 7.05 Å². The van der Waals surface area contributed by atoms with Crippen molar-refractivity contribution in [2.75, 3.05) is 12.4 Å². The summed E-state index contributed by atoms with van der Waals surface area (Å²) in [7, 11) is 3.10. The Morgan fingerprint density at radius 1 is 1.42 bits per heavy atom. The number of methoxy groups -OCH3 is 1. The van der Waals surface area contributed by atoms with Gasteiger partial charge < -0.3 is 10.1 Å². The molecule has 0 spiro atoms. The second-order valence-electron chi connectivity index (χ2n) is 3.93. The molecule has 0 atom stereocenters. The van der Waals surface area contributed by atoms with Crippen LogP contribution in [0.3, 0.4) is 0 Å². The molecule has 2 rings (SSSR count). The molecule has 0 radical (unpaired) electrons. The number of amides is 1. The fraction of sp³-hybridized carbons (Fsp3) is 0.250. The van der Waals surface area contributed by atoms with Crippen LogP contribution < -0.4 is 15.7 Å². The Morgan fingerprint density at radius 2 is 2.16 bits per heavy atom. The van der Waals surface area contributed by atoms with Crippen LogP contribution in [-0.4, -0.2) is 27.4 Å². The summed E-state index contributed by atoms with van der Waals surface area (Å²) in [6, 6.07) is 7.04. The van der Waals surface area contributed by atoms with Crippen LogP contribution in [0, 0.1) is 0 Å². The molecule has 1 heterocycles. The predicted molar refractivity (Wildman–Crippen MR) is 69.1 cm³/mol. The molecule has 0 saturated carbocycles. The third kappa shape index (κ3) is 2.82. The summed E-state index contributed by atoms with van der Waals surface area (Å²) in [5.74, 6) is 0.217. The van der Waals surface area contributed by atoms with Crippen molar-refractivity contribution in [1.82, 2.24) is 14.3 Å². The van der Waals surface area contributed by atoms with E-state index in [1.54, 1.807) is 31.3 Å². The van der Waals surface area contributed by atoms with Crippen molar-refractivity contribution in [3.8, 4) is 5.75 Å². The second-order valence-corrected chi connectivity index (χ2v) is 3.93. The van der Waals surface area contributed by atoms with Crippen LogP contribution in [0.2, 0.25) is 0 Å². The van der Waals surface area contributed by atoms with Crippen molar-refractivity contribution in [1.29, 1.82) is 0 Å². The maximum Gasteiger partial charge on any atom is 0.345 e. The number of carbonyl (C=O) groups is 1. The molecule has 1 aromatic heterocycles. The van der Waals surface area contributed by atoms with Gasteiger partial charge in [0.1, 0.15) is 18.6 Å². The number of hydrogen-bond donors (Lipinski definition) is 1. The van der Waals surface area contributed by atoms with Crippen LogP contribution in [0.5, 0.6) is 5.75 Å². The number of nitrogens with one attached hydrogen (secondary N) is 1. The molecule has 0 saturated heterocycles. The van der Waals surface area contributed by atoms with Crippen LogP contribution in [0.15, 0.2) is 35.4 Å². The van der Waals surface area contributed by atoms with Gasteiger partial charge in [-0.1, -0.05) is 12.1 Å². The molecule has 7 nitrogen and oxygen atoms in total. The smallest absolute Gasteiger partial charge is 0.345 e. The standard InChI is InChI=1S/C12H14N4O3/c1-15-8-13-16(12(15)18)7-11(17)14-9-5-3-4-6-10(9)19-2/h3-6,8H,7H2,1-2H3,(H,14,17). The van der Waals surface area contributed by atoms with E-state index in [2.05, 4.69) is 10.4 Å². The van der Waals surface area contributed by atoms with E-state index in [0.29, 0.717) is 11.4 Å². The van der Waals surface area contributed by atoms with Crippen LogP contribution >= 0.6 is 0 Å². The maximum atomic E-state index is 11.8. The molecule has 2 aromatic rings. The molecule has 0 aliphatic carbocycles. The van der Waals surface area contributed by atoms with Gasteiger partial charge in [-0.3, -0.25) is 9.36 Å². The lowest BCUT2D eigenvalue weighted by molar-refractivity contribution is -0.117. The van der Waals surface area contributed by atoms with Crippen LogP contribution in [0.4, 0.5) is 5.69 Å². The lowest BCUT2D eigenvalue weighted by atomic mass is 10.3. The molecule has 0 unspecified atom stereocenters. The fourth-order valence-electron chi connectivity index (χ4n) is 1.60. The van der Waals surface area contributed by atoms with E-state index in [-0.39, 0.29) is 18.1 Å². The first-order valence-corrected chi connectivity index (χ1v) is 5.63. The molecule has 0 fully saturated rings. The van der Waals surface area contributed by atoms with Crippen LogP contribution in [0.25, 0.3) is 0 Å². The van der Waals surface area contributed by atoms with Gasteiger partial charge in [-0.15, -0.1) is 0 Å². The number of ether oxygens (including phenoxy) is 1. The van der Waals surface area contributed by atoms with E-state index in [9.17, 15) is 9.59 Å². The van der Waals surface area contributed by atoms with Gasteiger partial charge in [-0.2, -0.15) is 5.10 Å². The van der Waals surface area contributed by atoms with E-state index >= 15 is 0 Å². The number of aromatic nitrogens is 3. The van der Waals surface area contributed by atoms with Gasteiger partial charge in [0, 0.05) is 7.05 Å². The largest absolute Gasteiger partial charge is 0.495 e. The van der Waals surface area contributed by atoms with Gasteiger partial charge >= 0.3 is 5.69 Å². The summed E-state index contributed by atoms with van der Waals surface area (Å²) in [5.41, 5.74) is 0.217. The lowest BCUT2D eigenvalue weighted by Gasteiger charge is -2.09. The Morgan fingerprint density at radius 3 is 2.79 bits per heavy atom. The number of rotatable bonds is 4. The van der Waals surface area contributed by atoms with Gasteiger partial charge in [-0.05, 0) is 12.1 Å². The number of hydrogen-bond acceptors (Lipinski definition) is 4. The summed E-state index contributed by atoms with van der Waals surface area (Å²) in [6.45, 7) is -0.141. The average Bonchev–Trinajstić information content (AvgIpc) is 2.71. The zero-order chi connectivity index (χ0) is 13.8. The summed E-state index contributed by atoms with van der Waals surface area (Å²) in [4.78, 5) is 23.4. The maximum absolute atomic E-state index is 11.8. The number of nitrogens with zero attached hydrogens (tertiary/aromatic N) is 3. The molecule has 1 aromatic carbocycles. The Bertz CT molecular complexity index is 644. The zero-order valence-corrected chi connectivity index (χ0v) is 10.7. The minimum Gasteiger partial charge on any atom is -0.495 e. The van der Waals surface area contributed by atoms with E-state index in [1.807, 2.05) is 0 Å². The minimum absolute atomic E-state index is 0.141. The molecule has 0 aliphatic heterocycles. The van der Waals surface area contributed by atoms with E-state index in [4.69, 9.17) is 4.74 Å². The van der Waals surface area contributed by atoms with Crippen molar-refractivity contribution >= 4 is 11.6 Å². The third-order valence-electron chi connectivity index (χ3n) is 2.56. The summed E-state index contributed by atoms with van der Waals surface area (Å²) >= 11 is 0. The van der Waals surface area contributed by atoms with Gasteiger partial charge in [-0.25, -0.2) is 9.48 Å². The lowest BCUT2D eigenvalue weighted by Crippen LogP contribution is -2.29. The number of aryl methyl sites for hydroxylation is 1. The molecule has 1 N–H and O–H groups in total. The number of anilines is 1. The van der Waals surface area contributed by atoms with E-state index in [0.717, 1.165) is 4.68 Å². The van der Waals surface area contributed by atoms with Crippen molar-refractivity contribution in [3.63, 3.8) is 0 Å².